The van der Waals surface area contributed by atoms with Crippen LogP contribution in [0, 0.1) is 0 Å². The van der Waals surface area contributed by atoms with Crippen molar-refractivity contribution in [1.82, 2.24) is 0 Å². The largest absolute Gasteiger partial charge is 0.519 e. The van der Waals surface area contributed by atoms with Crippen molar-refractivity contribution in [3.8, 4) is 0 Å². The predicted octanol–water partition coefficient (Wildman–Crippen LogP) is 2.21. The Kier molecular flexibility index (Phi) is 4.73. The van der Waals surface area contributed by atoms with Crippen LogP contribution in [0.1, 0.15) is 0 Å². The van der Waals surface area contributed by atoms with Crippen molar-refractivity contribution in [2.45, 2.75) is 24.4 Å². The molecule has 4 nitrogen and oxygen atoms in total. The van der Waals surface area contributed by atoms with E-state index in [1.165, 1.54) is 6.07 Å². The summed E-state index contributed by atoms with van der Waals surface area (Å²) in [6.45, 7) is 0. The normalized spacial score (nSPS) is 15.6. The summed E-state index contributed by atoms with van der Waals surface area (Å²) in [6.07, 6.45) is -16.8. The standard InChI is InChI=1S/C9H6F8NO3S/c10-6(8(13,14)15)7(11,12)9(16,17)21-22(19,20)18-4-2-1-3-5-18/h1-6H/q+1. The van der Waals surface area contributed by atoms with Crippen LogP contribution in [0.3, 0.4) is 0 Å². The van der Waals surface area contributed by atoms with E-state index < -0.39 is 34.7 Å². The van der Waals surface area contributed by atoms with Gasteiger partial charge in [0.1, 0.15) is 0 Å². The second-order valence-electron chi connectivity index (χ2n) is 3.79. The lowest BCUT2D eigenvalue weighted by atomic mass is 10.2. The molecular weight excluding hydrogens is 354 g/mol. The van der Waals surface area contributed by atoms with E-state index in [9.17, 15) is 43.5 Å². The van der Waals surface area contributed by atoms with Gasteiger partial charge in [-0.15, -0.1) is 12.6 Å². The van der Waals surface area contributed by atoms with Gasteiger partial charge in [0.15, 0.2) is 12.4 Å². The molecule has 1 aromatic heterocycles. The molecule has 0 fully saturated rings. The number of rotatable bonds is 5. The molecular formula is C9H6F8NO3S+. The molecule has 0 saturated heterocycles. The summed E-state index contributed by atoms with van der Waals surface area (Å²) in [5.41, 5.74) is 0. The van der Waals surface area contributed by atoms with E-state index in [-0.39, 0.29) is 3.97 Å². The summed E-state index contributed by atoms with van der Waals surface area (Å²) in [4.78, 5) is 0. The maximum absolute atomic E-state index is 13.1. The van der Waals surface area contributed by atoms with E-state index in [4.69, 9.17) is 0 Å². The number of pyridine rings is 1. The highest BCUT2D eigenvalue weighted by Crippen LogP contribution is 2.45. The lowest BCUT2D eigenvalue weighted by Crippen LogP contribution is -2.58. The second-order valence-corrected chi connectivity index (χ2v) is 5.23. The summed E-state index contributed by atoms with van der Waals surface area (Å²) >= 11 is 0. The second kappa shape index (κ2) is 5.61. The maximum Gasteiger partial charge on any atom is 0.519 e. The highest BCUT2D eigenvalue weighted by molar-refractivity contribution is 7.80. The average Bonchev–Trinajstić information content (AvgIpc) is 2.36. The van der Waals surface area contributed by atoms with E-state index in [1.807, 2.05) is 0 Å². The van der Waals surface area contributed by atoms with Crippen LogP contribution in [-0.4, -0.2) is 32.8 Å². The van der Waals surface area contributed by atoms with Crippen molar-refractivity contribution in [2.75, 3.05) is 0 Å². The number of alkyl halides is 8. The SMILES string of the molecule is O=S(=O)(OC(F)(F)C(F)(F)C(F)C(F)(F)F)[n+]1ccccc1. The van der Waals surface area contributed by atoms with Crippen LogP contribution in [0.5, 0.6) is 0 Å². The molecule has 126 valence electrons. The molecule has 1 atom stereocenters. The minimum Gasteiger partial charge on any atom is -0.230 e. The van der Waals surface area contributed by atoms with Crippen molar-refractivity contribution in [2.24, 2.45) is 0 Å². The van der Waals surface area contributed by atoms with Gasteiger partial charge in [-0.1, -0.05) is 10.0 Å². The number of aromatic nitrogens is 1. The Bertz CT molecular complexity index is 615. The maximum atomic E-state index is 13.1. The van der Waals surface area contributed by atoms with Gasteiger partial charge in [0, 0.05) is 12.1 Å². The van der Waals surface area contributed by atoms with Crippen LogP contribution in [-0.2, 0) is 14.5 Å². The van der Waals surface area contributed by atoms with Crippen LogP contribution in [0.25, 0.3) is 0 Å². The van der Waals surface area contributed by atoms with Crippen molar-refractivity contribution in [3.63, 3.8) is 0 Å². The Balaban J connectivity index is 3.15. The van der Waals surface area contributed by atoms with Crippen LogP contribution in [0.15, 0.2) is 30.6 Å². The first-order valence-corrected chi connectivity index (χ1v) is 6.47. The molecule has 0 saturated carbocycles. The van der Waals surface area contributed by atoms with Gasteiger partial charge in [-0.05, 0) is 0 Å². The van der Waals surface area contributed by atoms with Crippen LogP contribution in [0.2, 0.25) is 0 Å². The smallest absolute Gasteiger partial charge is 0.230 e. The third kappa shape index (κ3) is 3.63. The molecule has 13 heteroatoms. The third-order valence-corrected chi connectivity index (χ3v) is 3.33. The van der Waals surface area contributed by atoms with E-state index in [2.05, 4.69) is 4.18 Å². The lowest BCUT2D eigenvalue weighted by Gasteiger charge is -2.27. The molecule has 1 unspecified atom stereocenters. The zero-order valence-electron chi connectivity index (χ0n) is 10.1. The van der Waals surface area contributed by atoms with E-state index in [0.29, 0.717) is 12.4 Å². The highest BCUT2D eigenvalue weighted by atomic mass is 32.2. The quantitative estimate of drug-likeness (QED) is 0.598. The summed E-state index contributed by atoms with van der Waals surface area (Å²) in [7, 11) is -5.63. The first kappa shape index (κ1) is 18.5. The first-order chi connectivity index (χ1) is 9.72. The Morgan fingerprint density at radius 3 is 1.77 bits per heavy atom. The van der Waals surface area contributed by atoms with Crippen molar-refractivity contribution in [1.29, 1.82) is 0 Å². The Labute approximate surface area is 118 Å². The number of hydrogen-bond acceptors (Lipinski definition) is 3. The van der Waals surface area contributed by atoms with Gasteiger partial charge in [0.2, 0.25) is 0 Å². The van der Waals surface area contributed by atoms with Crippen LogP contribution < -0.4 is 3.97 Å². The van der Waals surface area contributed by atoms with Gasteiger partial charge < -0.3 is 0 Å². The number of nitrogens with zero attached hydrogens (tertiary/aromatic N) is 1. The fourth-order valence-electron chi connectivity index (χ4n) is 1.12. The molecule has 1 heterocycles. The van der Waals surface area contributed by atoms with Gasteiger partial charge in [0.05, 0.1) is 0 Å². The van der Waals surface area contributed by atoms with Crippen LogP contribution >= 0.6 is 0 Å². The highest BCUT2D eigenvalue weighted by Gasteiger charge is 2.73. The fourth-order valence-corrected chi connectivity index (χ4v) is 2.02. The van der Waals surface area contributed by atoms with Crippen molar-refractivity contribution >= 4 is 10.3 Å². The Hall–Kier alpha value is -1.50. The molecule has 0 N–H and O–H groups in total. The zero-order chi connectivity index (χ0) is 17.4. The molecule has 0 aliphatic heterocycles. The molecule has 0 aliphatic rings. The van der Waals surface area contributed by atoms with Gasteiger partial charge in [-0.2, -0.15) is 30.7 Å². The van der Waals surface area contributed by atoms with Gasteiger partial charge in [-0.3, -0.25) is 0 Å². The summed E-state index contributed by atoms with van der Waals surface area (Å²) in [5.74, 6) is -6.46. The first-order valence-electron chi connectivity index (χ1n) is 5.10. The Morgan fingerprint density at radius 2 is 1.36 bits per heavy atom. The molecule has 0 aromatic carbocycles. The fraction of sp³-hybridized carbons (Fsp3) is 0.444. The third-order valence-electron chi connectivity index (χ3n) is 2.15. The zero-order valence-corrected chi connectivity index (χ0v) is 10.9. The monoisotopic (exact) mass is 360 g/mol. The predicted molar refractivity (Wildman–Crippen MR) is 52.9 cm³/mol. The topological polar surface area (TPSA) is 47.3 Å². The van der Waals surface area contributed by atoms with E-state index in [1.54, 1.807) is 0 Å². The molecule has 0 spiro atoms. The summed E-state index contributed by atoms with van der Waals surface area (Å²) in [6, 6.07) is 3.18. The molecule has 22 heavy (non-hydrogen) atoms. The van der Waals surface area contributed by atoms with Gasteiger partial charge in [0.25, 0.3) is 6.17 Å². The number of hydrogen-bond donors (Lipinski definition) is 0. The minimum absolute atomic E-state index is 0.113. The van der Waals surface area contributed by atoms with E-state index >= 15 is 0 Å². The van der Waals surface area contributed by atoms with Gasteiger partial charge >= 0.3 is 28.5 Å². The summed E-state index contributed by atoms with van der Waals surface area (Å²) < 4.78 is 125. The van der Waals surface area contributed by atoms with Crippen molar-refractivity contribution < 1.29 is 51.7 Å². The Morgan fingerprint density at radius 1 is 0.909 bits per heavy atom. The molecule has 0 bridgehead atoms. The van der Waals surface area contributed by atoms with E-state index in [0.717, 1.165) is 12.1 Å². The minimum atomic E-state index is -6.46. The average molecular weight is 360 g/mol. The lowest BCUT2D eigenvalue weighted by molar-refractivity contribution is -0.527. The molecule has 0 aliphatic carbocycles. The molecule has 1 rings (SSSR count). The van der Waals surface area contributed by atoms with Crippen LogP contribution in [0.4, 0.5) is 35.1 Å². The summed E-state index contributed by atoms with van der Waals surface area (Å²) in [5, 5.41) is 0. The van der Waals surface area contributed by atoms with Gasteiger partial charge in [-0.25, -0.2) is 4.39 Å². The van der Waals surface area contributed by atoms with Crippen molar-refractivity contribution in [3.05, 3.63) is 30.6 Å². The number of halogens is 8. The molecule has 0 amide bonds. The molecule has 1 aromatic rings. The molecule has 0 radical (unpaired) electrons.